The SMILES string of the molecule is CC1=C(C)C(C)=C(c2c(C(C)(C)C)ccc3c2Cc2cc(C(C)(C)C)ccc2-3)C1. The predicted octanol–water partition coefficient (Wildman–Crippen LogP) is 8.37. The zero-order chi connectivity index (χ0) is 21.3. The minimum absolute atomic E-state index is 0.132. The van der Waals surface area contributed by atoms with E-state index >= 15 is 0 Å². The summed E-state index contributed by atoms with van der Waals surface area (Å²) in [7, 11) is 0. The van der Waals surface area contributed by atoms with Crippen LogP contribution in [0.4, 0.5) is 0 Å². The topological polar surface area (TPSA) is 0 Å². The molecule has 0 unspecified atom stereocenters. The molecule has 0 saturated heterocycles. The van der Waals surface area contributed by atoms with Crippen molar-refractivity contribution in [1.29, 1.82) is 0 Å². The van der Waals surface area contributed by atoms with Crippen LogP contribution in [0.25, 0.3) is 16.7 Å². The fourth-order valence-electron chi connectivity index (χ4n) is 5.07. The molecule has 0 N–H and O–H groups in total. The number of fused-ring (bicyclic) bond motifs is 3. The molecule has 4 rings (SSSR count). The molecule has 2 aromatic carbocycles. The van der Waals surface area contributed by atoms with Gasteiger partial charge in [-0.25, -0.2) is 0 Å². The highest BCUT2D eigenvalue weighted by atomic mass is 14.4. The first-order valence-electron chi connectivity index (χ1n) is 11.1. The minimum Gasteiger partial charge on any atom is -0.0657 e. The highest BCUT2D eigenvalue weighted by Gasteiger charge is 2.31. The molecule has 0 saturated carbocycles. The highest BCUT2D eigenvalue weighted by molar-refractivity contribution is 5.89. The molecule has 0 spiro atoms. The van der Waals surface area contributed by atoms with Crippen molar-refractivity contribution in [1.82, 2.24) is 0 Å². The van der Waals surface area contributed by atoms with Crippen molar-refractivity contribution in [2.45, 2.75) is 86.0 Å². The second kappa shape index (κ2) is 6.46. The van der Waals surface area contributed by atoms with Crippen molar-refractivity contribution in [3.8, 4) is 11.1 Å². The molecule has 29 heavy (non-hydrogen) atoms. The third kappa shape index (κ3) is 3.21. The molecule has 152 valence electrons. The Morgan fingerprint density at radius 3 is 1.90 bits per heavy atom. The number of allylic oxidation sites excluding steroid dienone is 4. The van der Waals surface area contributed by atoms with Gasteiger partial charge < -0.3 is 0 Å². The van der Waals surface area contributed by atoms with Crippen LogP contribution in [0.3, 0.4) is 0 Å². The maximum atomic E-state index is 2.46. The van der Waals surface area contributed by atoms with Gasteiger partial charge in [0.25, 0.3) is 0 Å². The molecule has 0 radical (unpaired) electrons. The lowest BCUT2D eigenvalue weighted by molar-refractivity contribution is 0.587. The zero-order valence-electron chi connectivity index (χ0n) is 19.8. The summed E-state index contributed by atoms with van der Waals surface area (Å²) in [5.74, 6) is 0. The highest BCUT2D eigenvalue weighted by Crippen LogP contribution is 2.49. The smallest absolute Gasteiger partial charge is 0.000719 e. The van der Waals surface area contributed by atoms with Gasteiger partial charge in [-0.15, -0.1) is 0 Å². The van der Waals surface area contributed by atoms with Crippen LogP contribution >= 0.6 is 0 Å². The van der Waals surface area contributed by atoms with Gasteiger partial charge in [-0.05, 0) is 100 Å². The normalized spacial score (nSPS) is 16.6. The first-order chi connectivity index (χ1) is 13.4. The first kappa shape index (κ1) is 20.2. The lowest BCUT2D eigenvalue weighted by Gasteiger charge is -2.27. The minimum atomic E-state index is 0.132. The molecule has 0 heterocycles. The maximum absolute atomic E-state index is 2.46. The van der Waals surface area contributed by atoms with E-state index in [-0.39, 0.29) is 10.8 Å². The fraction of sp³-hybridized carbons (Fsp3) is 0.448. The van der Waals surface area contributed by atoms with Gasteiger partial charge in [-0.3, -0.25) is 0 Å². The average molecular weight is 385 g/mol. The van der Waals surface area contributed by atoms with Crippen molar-refractivity contribution in [3.63, 3.8) is 0 Å². The summed E-state index contributed by atoms with van der Waals surface area (Å²) < 4.78 is 0. The van der Waals surface area contributed by atoms with E-state index in [1.54, 1.807) is 11.1 Å². The van der Waals surface area contributed by atoms with Crippen LogP contribution in [0.1, 0.15) is 96.6 Å². The van der Waals surface area contributed by atoms with E-state index in [1.165, 1.54) is 50.1 Å². The molecule has 0 atom stereocenters. The second-order valence-corrected chi connectivity index (χ2v) is 11.2. The summed E-state index contributed by atoms with van der Waals surface area (Å²) in [5.41, 5.74) is 16.8. The Morgan fingerprint density at radius 2 is 1.34 bits per heavy atom. The van der Waals surface area contributed by atoms with Crippen LogP contribution in [-0.4, -0.2) is 0 Å². The monoisotopic (exact) mass is 384 g/mol. The molecule has 0 fully saturated rings. The van der Waals surface area contributed by atoms with Crippen molar-refractivity contribution in [2.75, 3.05) is 0 Å². The maximum Gasteiger partial charge on any atom is -0.000719 e. The van der Waals surface area contributed by atoms with E-state index in [1.807, 2.05) is 0 Å². The van der Waals surface area contributed by atoms with E-state index in [2.05, 4.69) is 92.6 Å². The molecule has 2 aliphatic carbocycles. The van der Waals surface area contributed by atoms with E-state index < -0.39 is 0 Å². The van der Waals surface area contributed by atoms with E-state index in [4.69, 9.17) is 0 Å². The Kier molecular flexibility index (Phi) is 4.50. The summed E-state index contributed by atoms with van der Waals surface area (Å²) in [6, 6.07) is 12.0. The van der Waals surface area contributed by atoms with Gasteiger partial charge in [-0.2, -0.15) is 0 Å². The van der Waals surface area contributed by atoms with Gasteiger partial charge in [0.2, 0.25) is 0 Å². The van der Waals surface area contributed by atoms with Crippen molar-refractivity contribution >= 4 is 5.57 Å². The van der Waals surface area contributed by atoms with Crippen LogP contribution < -0.4 is 0 Å². The van der Waals surface area contributed by atoms with E-state index in [0.29, 0.717) is 0 Å². The molecule has 2 aromatic rings. The number of hydrogen-bond donors (Lipinski definition) is 0. The largest absolute Gasteiger partial charge is 0.0657 e. The van der Waals surface area contributed by atoms with Gasteiger partial charge in [0, 0.05) is 0 Å². The van der Waals surface area contributed by atoms with Gasteiger partial charge in [-0.1, -0.05) is 77.4 Å². The number of hydrogen-bond acceptors (Lipinski definition) is 0. The van der Waals surface area contributed by atoms with Crippen LogP contribution in [0.5, 0.6) is 0 Å². The van der Waals surface area contributed by atoms with Crippen LogP contribution in [0, 0.1) is 0 Å². The summed E-state index contributed by atoms with van der Waals surface area (Å²) >= 11 is 0. The Bertz CT molecular complexity index is 1070. The molecule has 2 aliphatic rings. The zero-order valence-corrected chi connectivity index (χ0v) is 19.8. The first-order valence-corrected chi connectivity index (χ1v) is 11.1. The average Bonchev–Trinajstić information content (AvgIpc) is 3.11. The number of benzene rings is 2. The van der Waals surface area contributed by atoms with Crippen molar-refractivity contribution in [2.24, 2.45) is 0 Å². The van der Waals surface area contributed by atoms with Crippen molar-refractivity contribution in [3.05, 3.63) is 74.9 Å². The molecular formula is C29H36. The van der Waals surface area contributed by atoms with E-state index in [0.717, 1.165) is 12.8 Å². The molecule has 0 heteroatoms. The molecule has 0 bridgehead atoms. The quantitative estimate of drug-likeness (QED) is 0.395. The summed E-state index contributed by atoms with van der Waals surface area (Å²) in [5, 5.41) is 0. The van der Waals surface area contributed by atoms with Crippen LogP contribution in [0.15, 0.2) is 47.1 Å². The van der Waals surface area contributed by atoms with Gasteiger partial charge in [0.15, 0.2) is 0 Å². The summed E-state index contributed by atoms with van der Waals surface area (Å²) in [4.78, 5) is 0. The molecule has 0 amide bonds. The summed E-state index contributed by atoms with van der Waals surface area (Å²) in [6.45, 7) is 20.9. The second-order valence-electron chi connectivity index (χ2n) is 11.2. The molecule has 0 aromatic heterocycles. The van der Waals surface area contributed by atoms with Gasteiger partial charge in [0.05, 0.1) is 0 Å². The Balaban J connectivity index is 1.94. The Labute approximate surface area is 177 Å². The predicted molar refractivity (Wildman–Crippen MR) is 128 cm³/mol. The lowest BCUT2D eigenvalue weighted by atomic mass is 9.77. The van der Waals surface area contributed by atoms with Gasteiger partial charge >= 0.3 is 0 Å². The fourth-order valence-corrected chi connectivity index (χ4v) is 5.07. The molecule has 0 nitrogen and oxygen atoms in total. The van der Waals surface area contributed by atoms with Crippen LogP contribution in [-0.2, 0) is 17.3 Å². The summed E-state index contributed by atoms with van der Waals surface area (Å²) in [6.07, 6.45) is 2.16. The van der Waals surface area contributed by atoms with Crippen molar-refractivity contribution < 1.29 is 0 Å². The third-order valence-electron chi connectivity index (χ3n) is 7.15. The van der Waals surface area contributed by atoms with Gasteiger partial charge in [0.1, 0.15) is 0 Å². The lowest BCUT2D eigenvalue weighted by Crippen LogP contribution is -2.15. The Morgan fingerprint density at radius 1 is 0.690 bits per heavy atom. The standard InChI is InChI=1S/C29H36/c1-17-14-24(19(3)18(17)2)27-25-16-20-15-21(28(4,5)6)10-11-22(20)23(25)12-13-26(27)29(7,8)9/h10-13,15H,14,16H2,1-9H3. The number of rotatable bonds is 1. The third-order valence-corrected chi connectivity index (χ3v) is 7.15. The Hall–Kier alpha value is -2.08. The van der Waals surface area contributed by atoms with Crippen LogP contribution in [0.2, 0.25) is 0 Å². The molecular weight excluding hydrogens is 348 g/mol. The molecule has 0 aliphatic heterocycles. The van der Waals surface area contributed by atoms with E-state index in [9.17, 15) is 0 Å².